The zero-order valence-corrected chi connectivity index (χ0v) is 20.5. The Morgan fingerprint density at radius 2 is 1.39 bits per heavy atom. The smallest absolute Gasteiger partial charge is 0.167 e. The normalized spacial score (nSPS) is 11.2. The Balaban J connectivity index is 1.48. The monoisotopic (exact) mass is 486 g/mol. The van der Waals surface area contributed by atoms with Crippen molar-refractivity contribution in [2.75, 3.05) is 7.11 Å². The molecule has 4 aromatic rings. The molecule has 0 unspecified atom stereocenters. The number of hydrogen-bond donors (Lipinski definition) is 0. The predicted octanol–water partition coefficient (Wildman–Crippen LogP) is 9.35. The van der Waals surface area contributed by atoms with Crippen LogP contribution in [0, 0.1) is 17.5 Å². The van der Waals surface area contributed by atoms with Crippen LogP contribution in [0.15, 0.2) is 78.9 Å². The van der Waals surface area contributed by atoms with Gasteiger partial charge in [0.05, 0.1) is 7.11 Å². The standard InChI is InChI=1S/C32H29F3O/c1-3-4-5-6-22-9-14-25(15-10-22)28-19-17-26(31(34)32(28)35)16-11-23-7-12-24(13-8-23)27-18-20-30(36-2)29(33)21-27/h7-21H,3-6H2,1-2H3/b16-11+. The van der Waals surface area contributed by atoms with E-state index in [4.69, 9.17) is 4.74 Å². The lowest BCUT2D eigenvalue weighted by Gasteiger charge is -2.08. The van der Waals surface area contributed by atoms with Gasteiger partial charge < -0.3 is 4.74 Å². The minimum absolute atomic E-state index is 0.175. The van der Waals surface area contributed by atoms with Crippen LogP contribution in [-0.4, -0.2) is 7.11 Å². The Labute approximate surface area is 210 Å². The highest BCUT2D eigenvalue weighted by Crippen LogP contribution is 2.29. The molecule has 0 aliphatic rings. The van der Waals surface area contributed by atoms with Gasteiger partial charge in [-0.15, -0.1) is 0 Å². The summed E-state index contributed by atoms with van der Waals surface area (Å²) in [6.45, 7) is 2.17. The van der Waals surface area contributed by atoms with Crippen molar-refractivity contribution in [2.45, 2.75) is 32.6 Å². The molecule has 0 amide bonds. The van der Waals surface area contributed by atoms with Gasteiger partial charge in [-0.25, -0.2) is 13.2 Å². The van der Waals surface area contributed by atoms with Crippen molar-refractivity contribution in [3.05, 3.63) is 113 Å². The molecular formula is C32H29F3O. The third-order valence-electron chi connectivity index (χ3n) is 6.30. The molecular weight excluding hydrogens is 457 g/mol. The van der Waals surface area contributed by atoms with Crippen LogP contribution in [0.25, 0.3) is 34.4 Å². The SMILES string of the molecule is CCCCCc1ccc(-c2ccc(/C=C/c3ccc(-c4ccc(OC)c(F)c4)cc3)c(F)c2F)cc1. The molecule has 4 rings (SSSR count). The molecule has 0 aliphatic heterocycles. The van der Waals surface area contributed by atoms with Crippen molar-refractivity contribution in [1.82, 2.24) is 0 Å². The Bertz CT molecular complexity index is 1340. The number of halogens is 3. The highest BCUT2D eigenvalue weighted by atomic mass is 19.2. The highest BCUT2D eigenvalue weighted by molar-refractivity contribution is 5.74. The maximum atomic E-state index is 14.9. The molecule has 4 heteroatoms. The molecule has 0 atom stereocenters. The summed E-state index contributed by atoms with van der Waals surface area (Å²) < 4.78 is 48.7. The summed E-state index contributed by atoms with van der Waals surface area (Å²) in [5.74, 6) is -1.96. The van der Waals surface area contributed by atoms with Crippen molar-refractivity contribution in [2.24, 2.45) is 0 Å². The third kappa shape index (κ3) is 5.88. The quantitative estimate of drug-likeness (QED) is 0.169. The summed E-state index contributed by atoms with van der Waals surface area (Å²) in [5.41, 5.74) is 4.67. The summed E-state index contributed by atoms with van der Waals surface area (Å²) in [4.78, 5) is 0. The van der Waals surface area contributed by atoms with Crippen LogP contribution in [0.1, 0.15) is 42.9 Å². The van der Waals surface area contributed by atoms with Gasteiger partial charge in [0.15, 0.2) is 23.2 Å². The van der Waals surface area contributed by atoms with E-state index >= 15 is 0 Å². The molecule has 0 heterocycles. The molecule has 4 aromatic carbocycles. The second-order valence-electron chi connectivity index (χ2n) is 8.79. The molecule has 0 aliphatic carbocycles. The van der Waals surface area contributed by atoms with Crippen molar-refractivity contribution < 1.29 is 17.9 Å². The second kappa shape index (κ2) is 11.8. The first-order valence-corrected chi connectivity index (χ1v) is 12.2. The van der Waals surface area contributed by atoms with Gasteiger partial charge in [-0.05, 0) is 52.8 Å². The van der Waals surface area contributed by atoms with Crippen LogP contribution in [0.2, 0.25) is 0 Å². The molecule has 0 aromatic heterocycles. The Morgan fingerprint density at radius 3 is 2.06 bits per heavy atom. The van der Waals surface area contributed by atoms with E-state index in [2.05, 4.69) is 6.92 Å². The zero-order valence-electron chi connectivity index (χ0n) is 20.5. The number of methoxy groups -OCH3 is 1. The maximum absolute atomic E-state index is 14.9. The predicted molar refractivity (Wildman–Crippen MR) is 142 cm³/mol. The first-order valence-electron chi connectivity index (χ1n) is 12.2. The molecule has 0 saturated heterocycles. The van der Waals surface area contributed by atoms with Gasteiger partial charge in [0, 0.05) is 11.1 Å². The molecule has 1 nitrogen and oxygen atoms in total. The van der Waals surface area contributed by atoms with Crippen LogP contribution in [0.4, 0.5) is 13.2 Å². The van der Waals surface area contributed by atoms with Gasteiger partial charge in [0.25, 0.3) is 0 Å². The van der Waals surface area contributed by atoms with Crippen LogP contribution >= 0.6 is 0 Å². The second-order valence-corrected chi connectivity index (χ2v) is 8.79. The molecule has 0 saturated carbocycles. The fourth-order valence-electron chi connectivity index (χ4n) is 4.16. The molecule has 36 heavy (non-hydrogen) atoms. The fourth-order valence-corrected chi connectivity index (χ4v) is 4.16. The molecule has 0 bridgehead atoms. The summed E-state index contributed by atoms with van der Waals surface area (Å²) in [7, 11) is 1.42. The zero-order chi connectivity index (χ0) is 25.5. The average molecular weight is 487 g/mol. The lowest BCUT2D eigenvalue weighted by Crippen LogP contribution is -1.94. The van der Waals surface area contributed by atoms with Crippen molar-refractivity contribution in [3.8, 4) is 28.0 Å². The number of ether oxygens (including phenoxy) is 1. The van der Waals surface area contributed by atoms with Crippen LogP contribution in [0.3, 0.4) is 0 Å². The topological polar surface area (TPSA) is 9.23 Å². The first kappa shape index (κ1) is 25.3. The number of unbranched alkanes of at least 4 members (excludes halogenated alkanes) is 2. The van der Waals surface area contributed by atoms with Crippen molar-refractivity contribution in [3.63, 3.8) is 0 Å². The Kier molecular flexibility index (Phi) is 8.27. The van der Waals surface area contributed by atoms with E-state index in [9.17, 15) is 13.2 Å². The minimum Gasteiger partial charge on any atom is -0.494 e. The van der Waals surface area contributed by atoms with E-state index in [0.29, 0.717) is 5.56 Å². The van der Waals surface area contributed by atoms with Crippen LogP contribution < -0.4 is 4.74 Å². The molecule has 0 fully saturated rings. The van der Waals surface area contributed by atoms with Gasteiger partial charge in [-0.1, -0.05) is 98.6 Å². The minimum atomic E-state index is -0.874. The first-order chi connectivity index (χ1) is 17.5. The summed E-state index contributed by atoms with van der Waals surface area (Å²) in [5, 5.41) is 0. The van der Waals surface area contributed by atoms with Gasteiger partial charge in [0.2, 0.25) is 0 Å². The Morgan fingerprint density at radius 1 is 0.694 bits per heavy atom. The largest absolute Gasteiger partial charge is 0.494 e. The number of rotatable bonds is 9. The fraction of sp³-hybridized carbons (Fsp3) is 0.188. The van der Waals surface area contributed by atoms with E-state index in [-0.39, 0.29) is 16.9 Å². The van der Waals surface area contributed by atoms with Crippen LogP contribution in [0.5, 0.6) is 5.75 Å². The highest BCUT2D eigenvalue weighted by Gasteiger charge is 2.13. The lowest BCUT2D eigenvalue weighted by atomic mass is 9.99. The van der Waals surface area contributed by atoms with Crippen molar-refractivity contribution in [1.29, 1.82) is 0 Å². The van der Waals surface area contributed by atoms with E-state index in [1.807, 2.05) is 48.5 Å². The number of hydrogen-bond acceptors (Lipinski definition) is 1. The molecule has 184 valence electrons. The molecule has 0 spiro atoms. The van der Waals surface area contributed by atoms with Crippen LogP contribution in [-0.2, 0) is 6.42 Å². The molecule has 0 N–H and O–H groups in total. The summed E-state index contributed by atoms with van der Waals surface area (Å²) in [6, 6.07) is 23.1. The Hall–Kier alpha value is -3.79. The van der Waals surface area contributed by atoms with E-state index < -0.39 is 17.5 Å². The van der Waals surface area contributed by atoms with Gasteiger partial charge in [-0.2, -0.15) is 0 Å². The third-order valence-corrected chi connectivity index (χ3v) is 6.30. The van der Waals surface area contributed by atoms with E-state index in [1.165, 1.54) is 31.6 Å². The average Bonchev–Trinajstić information content (AvgIpc) is 2.90. The van der Waals surface area contributed by atoms with Gasteiger partial charge in [-0.3, -0.25) is 0 Å². The number of aryl methyl sites for hydroxylation is 1. The summed E-state index contributed by atoms with van der Waals surface area (Å²) in [6.07, 6.45) is 7.75. The lowest BCUT2D eigenvalue weighted by molar-refractivity contribution is 0.386. The maximum Gasteiger partial charge on any atom is 0.167 e. The van der Waals surface area contributed by atoms with E-state index in [0.717, 1.165) is 29.5 Å². The molecule has 0 radical (unpaired) electrons. The van der Waals surface area contributed by atoms with Crippen molar-refractivity contribution >= 4 is 12.2 Å². The van der Waals surface area contributed by atoms with E-state index in [1.54, 1.807) is 36.4 Å². The van der Waals surface area contributed by atoms with Gasteiger partial charge in [0.1, 0.15) is 0 Å². The van der Waals surface area contributed by atoms with Gasteiger partial charge >= 0.3 is 0 Å². The number of benzene rings is 4. The summed E-state index contributed by atoms with van der Waals surface area (Å²) >= 11 is 0.